The normalized spacial score (nSPS) is 13.6. The fourth-order valence-electron chi connectivity index (χ4n) is 3.28. The number of benzene rings is 2. The van der Waals surface area contributed by atoms with Crippen molar-refractivity contribution in [3.63, 3.8) is 0 Å². The Bertz CT molecular complexity index is 900. The van der Waals surface area contributed by atoms with Gasteiger partial charge in [0, 0.05) is 39.3 Å². The van der Waals surface area contributed by atoms with Crippen molar-refractivity contribution in [1.29, 1.82) is 0 Å². The molecule has 3 rings (SSSR count). The number of imidazole rings is 1. The second kappa shape index (κ2) is 10.7. The molecule has 7 heteroatoms. The number of halogens is 3. The molecule has 0 radical (unpaired) electrons. The topological polar surface area (TPSA) is 21.1 Å². The number of hydrogen-bond donors (Lipinski definition) is 0. The molecule has 3 nitrogen and oxygen atoms in total. The highest BCUT2D eigenvalue weighted by Crippen LogP contribution is 2.35. The molecule has 1 aromatic heterocycles. The minimum absolute atomic E-state index is 0.149. The first-order chi connectivity index (χ1) is 14.0. The Morgan fingerprint density at radius 1 is 1.07 bits per heavy atom. The predicted octanol–water partition coefficient (Wildman–Crippen LogP) is 7.36. The standard InChI is InChI=1S/C22H24Cl3N3S/c1-16(28-11-10-26-15-28)27(2)22(20-8-7-19(24)13-21(20)25)9-12-29-14-17-3-5-18(23)6-4-17/h3-8,10-11,13,15-16,22H,9,12,14H2,1-2H3. The zero-order valence-corrected chi connectivity index (χ0v) is 19.5. The van der Waals surface area contributed by atoms with Gasteiger partial charge in [-0.2, -0.15) is 11.8 Å². The van der Waals surface area contributed by atoms with Crippen LogP contribution in [-0.4, -0.2) is 27.3 Å². The Kier molecular flexibility index (Phi) is 8.34. The van der Waals surface area contributed by atoms with E-state index in [2.05, 4.69) is 40.6 Å². The molecule has 29 heavy (non-hydrogen) atoms. The molecule has 0 spiro atoms. The SMILES string of the molecule is CC(N(C)C(CCSCc1ccc(Cl)cc1)c1ccc(Cl)cc1Cl)n1ccnc1. The minimum atomic E-state index is 0.149. The molecule has 154 valence electrons. The molecule has 0 saturated carbocycles. The van der Waals surface area contributed by atoms with Crippen molar-refractivity contribution in [1.82, 2.24) is 14.5 Å². The summed E-state index contributed by atoms with van der Waals surface area (Å²) in [4.78, 5) is 6.51. The van der Waals surface area contributed by atoms with Gasteiger partial charge in [-0.1, -0.05) is 53.0 Å². The average Bonchev–Trinajstić information content (AvgIpc) is 3.24. The number of nitrogens with zero attached hydrogens (tertiary/aromatic N) is 3. The van der Waals surface area contributed by atoms with Gasteiger partial charge in [0.25, 0.3) is 0 Å². The lowest BCUT2D eigenvalue weighted by Gasteiger charge is -2.34. The van der Waals surface area contributed by atoms with Crippen LogP contribution in [0.2, 0.25) is 15.1 Å². The van der Waals surface area contributed by atoms with Crippen molar-refractivity contribution in [3.8, 4) is 0 Å². The minimum Gasteiger partial charge on any atom is -0.322 e. The van der Waals surface area contributed by atoms with E-state index >= 15 is 0 Å². The van der Waals surface area contributed by atoms with Crippen LogP contribution in [0.5, 0.6) is 0 Å². The Labute approximate surface area is 192 Å². The fourth-order valence-corrected chi connectivity index (χ4v) is 4.90. The Morgan fingerprint density at radius 2 is 1.79 bits per heavy atom. The molecule has 2 aromatic carbocycles. The van der Waals surface area contributed by atoms with E-state index < -0.39 is 0 Å². The third-order valence-corrected chi connectivity index (χ3v) is 6.95. The van der Waals surface area contributed by atoms with E-state index in [0.717, 1.165) is 28.5 Å². The van der Waals surface area contributed by atoms with Gasteiger partial charge < -0.3 is 4.57 Å². The predicted molar refractivity (Wildman–Crippen MR) is 126 cm³/mol. The zero-order chi connectivity index (χ0) is 20.8. The second-order valence-electron chi connectivity index (χ2n) is 6.96. The summed E-state index contributed by atoms with van der Waals surface area (Å²) in [6.07, 6.45) is 6.75. The molecular weight excluding hydrogens is 445 g/mol. The fraction of sp³-hybridized carbons (Fsp3) is 0.318. The van der Waals surface area contributed by atoms with Crippen LogP contribution in [0.1, 0.15) is 36.7 Å². The maximum atomic E-state index is 6.57. The van der Waals surface area contributed by atoms with Crippen molar-refractivity contribution < 1.29 is 0 Å². The Hall–Kier alpha value is -1.17. The Balaban J connectivity index is 1.70. The molecular formula is C22H24Cl3N3S. The monoisotopic (exact) mass is 467 g/mol. The molecule has 2 unspecified atom stereocenters. The van der Waals surface area contributed by atoms with Crippen LogP contribution in [0, 0.1) is 0 Å². The van der Waals surface area contributed by atoms with Gasteiger partial charge in [0.2, 0.25) is 0 Å². The molecule has 0 amide bonds. The van der Waals surface area contributed by atoms with Crippen LogP contribution in [0.4, 0.5) is 0 Å². The maximum Gasteiger partial charge on any atom is 0.0959 e. The summed E-state index contributed by atoms with van der Waals surface area (Å²) in [5, 5.41) is 2.13. The first kappa shape index (κ1) is 22.5. The van der Waals surface area contributed by atoms with E-state index in [9.17, 15) is 0 Å². The van der Waals surface area contributed by atoms with Crippen LogP contribution < -0.4 is 0 Å². The highest BCUT2D eigenvalue weighted by Gasteiger charge is 2.24. The molecule has 0 saturated heterocycles. The molecule has 0 bridgehead atoms. The largest absolute Gasteiger partial charge is 0.322 e. The van der Waals surface area contributed by atoms with Gasteiger partial charge in [-0.15, -0.1) is 0 Å². The van der Waals surface area contributed by atoms with Gasteiger partial charge in [0.1, 0.15) is 0 Å². The molecule has 0 aliphatic rings. The molecule has 2 atom stereocenters. The number of thioether (sulfide) groups is 1. The lowest BCUT2D eigenvalue weighted by atomic mass is 10.0. The maximum absolute atomic E-state index is 6.57. The summed E-state index contributed by atoms with van der Waals surface area (Å²) in [5.41, 5.74) is 2.37. The van der Waals surface area contributed by atoms with Crippen molar-refractivity contribution in [2.24, 2.45) is 0 Å². The van der Waals surface area contributed by atoms with E-state index in [1.54, 1.807) is 6.20 Å². The summed E-state index contributed by atoms with van der Waals surface area (Å²) in [5.74, 6) is 1.96. The Morgan fingerprint density at radius 3 is 2.45 bits per heavy atom. The van der Waals surface area contributed by atoms with Crippen LogP contribution in [-0.2, 0) is 5.75 Å². The van der Waals surface area contributed by atoms with Crippen LogP contribution in [0.15, 0.2) is 61.2 Å². The molecule has 0 aliphatic heterocycles. The zero-order valence-electron chi connectivity index (χ0n) is 16.4. The third-order valence-electron chi connectivity index (χ3n) is 5.08. The van der Waals surface area contributed by atoms with Crippen molar-refractivity contribution in [2.75, 3.05) is 12.8 Å². The van der Waals surface area contributed by atoms with Crippen LogP contribution >= 0.6 is 46.6 Å². The molecule has 0 aliphatic carbocycles. The van der Waals surface area contributed by atoms with Gasteiger partial charge in [-0.05, 0) is 61.5 Å². The van der Waals surface area contributed by atoms with Gasteiger partial charge in [-0.3, -0.25) is 4.90 Å². The molecule has 3 aromatic rings. The third kappa shape index (κ3) is 6.16. The summed E-state index contributed by atoms with van der Waals surface area (Å²) in [6, 6.07) is 14.0. The molecule has 0 N–H and O–H groups in total. The highest BCUT2D eigenvalue weighted by atomic mass is 35.5. The van der Waals surface area contributed by atoms with E-state index in [0.29, 0.717) is 10.0 Å². The summed E-state index contributed by atoms with van der Waals surface area (Å²) >= 11 is 20.6. The molecule has 0 fully saturated rings. The average molecular weight is 469 g/mol. The highest BCUT2D eigenvalue weighted by molar-refractivity contribution is 7.98. The number of aromatic nitrogens is 2. The van der Waals surface area contributed by atoms with E-state index in [-0.39, 0.29) is 12.2 Å². The lowest BCUT2D eigenvalue weighted by molar-refractivity contribution is 0.131. The van der Waals surface area contributed by atoms with Gasteiger partial charge in [0.15, 0.2) is 0 Å². The summed E-state index contributed by atoms with van der Waals surface area (Å²) in [6.45, 7) is 2.17. The first-order valence-electron chi connectivity index (χ1n) is 9.42. The summed E-state index contributed by atoms with van der Waals surface area (Å²) in [7, 11) is 2.13. The lowest BCUT2D eigenvalue weighted by Crippen LogP contribution is -2.31. The van der Waals surface area contributed by atoms with Crippen LogP contribution in [0.3, 0.4) is 0 Å². The van der Waals surface area contributed by atoms with Crippen molar-refractivity contribution in [2.45, 2.75) is 31.3 Å². The number of rotatable bonds is 9. The van der Waals surface area contributed by atoms with Gasteiger partial charge >= 0.3 is 0 Å². The smallest absolute Gasteiger partial charge is 0.0959 e. The van der Waals surface area contributed by atoms with Crippen molar-refractivity contribution in [3.05, 3.63) is 87.4 Å². The van der Waals surface area contributed by atoms with Gasteiger partial charge in [0.05, 0.1) is 12.5 Å². The summed E-state index contributed by atoms with van der Waals surface area (Å²) < 4.78 is 2.09. The van der Waals surface area contributed by atoms with Crippen LogP contribution in [0.25, 0.3) is 0 Å². The van der Waals surface area contributed by atoms with E-state index in [1.807, 2.05) is 54.6 Å². The number of hydrogen-bond acceptors (Lipinski definition) is 3. The second-order valence-corrected chi connectivity index (χ2v) is 9.34. The van der Waals surface area contributed by atoms with Crippen molar-refractivity contribution >= 4 is 46.6 Å². The first-order valence-corrected chi connectivity index (χ1v) is 11.7. The van der Waals surface area contributed by atoms with Gasteiger partial charge in [-0.25, -0.2) is 4.98 Å². The molecule has 1 heterocycles. The quantitative estimate of drug-likeness (QED) is 0.306. The van der Waals surface area contributed by atoms with E-state index in [4.69, 9.17) is 34.8 Å². The van der Waals surface area contributed by atoms with E-state index in [1.165, 1.54) is 5.56 Å².